The van der Waals surface area contributed by atoms with E-state index in [1.54, 1.807) is 23.1 Å². The van der Waals surface area contributed by atoms with E-state index in [1.807, 2.05) is 14.0 Å². The lowest BCUT2D eigenvalue weighted by molar-refractivity contribution is 0.0987. The highest BCUT2D eigenvalue weighted by Crippen LogP contribution is 2.24. The van der Waals surface area contributed by atoms with Crippen molar-refractivity contribution in [1.82, 2.24) is 14.8 Å². The van der Waals surface area contributed by atoms with E-state index in [2.05, 4.69) is 26.0 Å². The summed E-state index contributed by atoms with van der Waals surface area (Å²) in [6, 6.07) is 1.67. The van der Waals surface area contributed by atoms with Gasteiger partial charge in [0.15, 0.2) is 5.78 Å². The molecular formula is C14H16BrN3O2. The molecule has 0 unspecified atom stereocenters. The largest absolute Gasteiger partial charge is 0.494 e. The quantitative estimate of drug-likeness (QED) is 0.787. The number of ketones is 1. The Balaban J connectivity index is 2.30. The molecule has 20 heavy (non-hydrogen) atoms. The number of ether oxygens (including phenoxy) is 1. The number of hydrogen-bond acceptors (Lipinski definition) is 4. The summed E-state index contributed by atoms with van der Waals surface area (Å²) in [5.74, 6) is 0.474. The molecule has 0 amide bonds. The van der Waals surface area contributed by atoms with E-state index in [0.717, 1.165) is 22.3 Å². The summed E-state index contributed by atoms with van der Waals surface area (Å²) in [5.41, 5.74) is 2.36. The number of halogens is 1. The van der Waals surface area contributed by atoms with Crippen LogP contribution in [0.2, 0.25) is 0 Å². The molecule has 0 atom stereocenters. The summed E-state index contributed by atoms with van der Waals surface area (Å²) >= 11 is 3.52. The van der Waals surface area contributed by atoms with Gasteiger partial charge in [-0.1, -0.05) is 6.92 Å². The molecule has 0 saturated carbocycles. The maximum Gasteiger partial charge on any atom is 0.172 e. The van der Waals surface area contributed by atoms with Crippen LogP contribution >= 0.6 is 15.9 Å². The summed E-state index contributed by atoms with van der Waals surface area (Å²) in [5, 5.41) is 4.39. The Bertz CT molecular complexity index is 637. The van der Waals surface area contributed by atoms with Gasteiger partial charge >= 0.3 is 0 Å². The number of aromatic nitrogens is 3. The number of carbonyl (C=O) groups is 1. The van der Waals surface area contributed by atoms with E-state index >= 15 is 0 Å². The van der Waals surface area contributed by atoms with Gasteiger partial charge in [-0.05, 0) is 28.4 Å². The zero-order valence-electron chi connectivity index (χ0n) is 11.7. The molecule has 0 aliphatic rings. The zero-order chi connectivity index (χ0) is 14.7. The molecule has 0 aliphatic carbocycles. The molecule has 6 heteroatoms. The van der Waals surface area contributed by atoms with Crippen LogP contribution in [0, 0.1) is 0 Å². The van der Waals surface area contributed by atoms with Crippen LogP contribution in [0.1, 0.15) is 28.7 Å². The van der Waals surface area contributed by atoms with Gasteiger partial charge in [0, 0.05) is 13.2 Å². The number of rotatable bonds is 5. The molecule has 0 aromatic carbocycles. The molecule has 2 aromatic heterocycles. The second kappa shape index (κ2) is 6.17. The molecule has 2 aromatic rings. The van der Waals surface area contributed by atoms with Gasteiger partial charge in [0.25, 0.3) is 0 Å². The van der Waals surface area contributed by atoms with Crippen molar-refractivity contribution >= 4 is 21.7 Å². The van der Waals surface area contributed by atoms with Crippen LogP contribution in [0.3, 0.4) is 0 Å². The van der Waals surface area contributed by atoms with Gasteiger partial charge in [0.05, 0.1) is 41.2 Å². The highest BCUT2D eigenvalue weighted by atomic mass is 79.9. The van der Waals surface area contributed by atoms with E-state index in [4.69, 9.17) is 4.74 Å². The topological polar surface area (TPSA) is 57.0 Å². The monoisotopic (exact) mass is 337 g/mol. The minimum Gasteiger partial charge on any atom is -0.494 e. The van der Waals surface area contributed by atoms with Crippen LogP contribution in [-0.2, 0) is 19.9 Å². The van der Waals surface area contributed by atoms with Gasteiger partial charge < -0.3 is 4.74 Å². The average molecular weight is 338 g/mol. The van der Waals surface area contributed by atoms with Crippen molar-refractivity contribution in [3.63, 3.8) is 0 Å². The summed E-state index contributed by atoms with van der Waals surface area (Å²) in [6.45, 7) is 2.03. The lowest BCUT2D eigenvalue weighted by Crippen LogP contribution is -2.10. The fraction of sp³-hybridized carbons (Fsp3) is 0.357. The van der Waals surface area contributed by atoms with Crippen LogP contribution < -0.4 is 4.74 Å². The van der Waals surface area contributed by atoms with E-state index in [1.165, 1.54) is 7.11 Å². The van der Waals surface area contributed by atoms with Crippen LogP contribution in [-0.4, -0.2) is 27.7 Å². The SMILES string of the molecule is CCc1nn(C)c(CC(=O)c2ccncc2OC)c1Br. The molecule has 2 heterocycles. The molecular weight excluding hydrogens is 322 g/mol. The van der Waals surface area contributed by atoms with Crippen molar-refractivity contribution in [3.8, 4) is 5.75 Å². The minimum atomic E-state index is -0.0180. The van der Waals surface area contributed by atoms with Crippen molar-refractivity contribution in [2.45, 2.75) is 19.8 Å². The van der Waals surface area contributed by atoms with Crippen LogP contribution in [0.15, 0.2) is 22.9 Å². The Morgan fingerprint density at radius 3 is 2.85 bits per heavy atom. The average Bonchev–Trinajstić information content (AvgIpc) is 2.74. The minimum absolute atomic E-state index is 0.0180. The van der Waals surface area contributed by atoms with Gasteiger partial charge in [-0.25, -0.2) is 0 Å². The smallest absolute Gasteiger partial charge is 0.172 e. The fourth-order valence-corrected chi connectivity index (χ4v) is 2.79. The van der Waals surface area contributed by atoms with Gasteiger partial charge in [-0.3, -0.25) is 14.5 Å². The highest BCUT2D eigenvalue weighted by Gasteiger charge is 2.19. The second-order valence-electron chi connectivity index (χ2n) is 4.36. The number of aryl methyl sites for hydroxylation is 2. The molecule has 0 saturated heterocycles. The first-order valence-electron chi connectivity index (χ1n) is 6.29. The predicted octanol–water partition coefficient (Wildman–Crippen LogP) is 2.57. The first-order valence-corrected chi connectivity index (χ1v) is 7.09. The number of hydrogen-bond donors (Lipinski definition) is 0. The van der Waals surface area contributed by atoms with Gasteiger partial charge in [0.2, 0.25) is 0 Å². The van der Waals surface area contributed by atoms with E-state index in [0.29, 0.717) is 11.3 Å². The molecule has 0 spiro atoms. The third-order valence-electron chi connectivity index (χ3n) is 3.14. The Morgan fingerprint density at radius 2 is 2.25 bits per heavy atom. The first kappa shape index (κ1) is 14.7. The number of methoxy groups -OCH3 is 1. The van der Waals surface area contributed by atoms with Crippen molar-refractivity contribution in [3.05, 3.63) is 39.9 Å². The Labute approximate surface area is 126 Å². The first-order chi connectivity index (χ1) is 9.58. The Hall–Kier alpha value is -1.69. The third kappa shape index (κ3) is 2.75. The number of Topliss-reactive ketones (excluding diaryl/α,β-unsaturated/α-hetero) is 1. The van der Waals surface area contributed by atoms with Crippen LogP contribution in [0.4, 0.5) is 0 Å². The summed E-state index contributed by atoms with van der Waals surface area (Å²) < 4.78 is 7.82. The summed E-state index contributed by atoms with van der Waals surface area (Å²) in [4.78, 5) is 16.4. The lowest BCUT2D eigenvalue weighted by atomic mass is 10.1. The van der Waals surface area contributed by atoms with Crippen LogP contribution in [0.25, 0.3) is 0 Å². The van der Waals surface area contributed by atoms with Gasteiger partial charge in [-0.2, -0.15) is 5.10 Å². The highest BCUT2D eigenvalue weighted by molar-refractivity contribution is 9.10. The van der Waals surface area contributed by atoms with E-state index in [9.17, 15) is 4.79 Å². The summed E-state index contributed by atoms with van der Waals surface area (Å²) in [6.07, 6.45) is 4.22. The molecule has 0 radical (unpaired) electrons. The van der Waals surface area contributed by atoms with Crippen LogP contribution in [0.5, 0.6) is 5.75 Å². The predicted molar refractivity (Wildman–Crippen MR) is 79.1 cm³/mol. The third-order valence-corrected chi connectivity index (χ3v) is 4.05. The van der Waals surface area contributed by atoms with Gasteiger partial charge in [-0.15, -0.1) is 0 Å². The molecule has 2 rings (SSSR count). The van der Waals surface area contributed by atoms with Gasteiger partial charge in [0.1, 0.15) is 5.75 Å². The zero-order valence-corrected chi connectivity index (χ0v) is 13.3. The Morgan fingerprint density at radius 1 is 1.50 bits per heavy atom. The normalized spacial score (nSPS) is 10.6. The number of carbonyl (C=O) groups excluding carboxylic acids is 1. The van der Waals surface area contributed by atoms with Crippen molar-refractivity contribution in [2.75, 3.05) is 7.11 Å². The lowest BCUT2D eigenvalue weighted by Gasteiger charge is -2.07. The molecule has 0 bridgehead atoms. The van der Waals surface area contributed by atoms with Crippen molar-refractivity contribution in [1.29, 1.82) is 0 Å². The second-order valence-corrected chi connectivity index (χ2v) is 5.15. The number of nitrogens with zero attached hydrogens (tertiary/aromatic N) is 3. The van der Waals surface area contributed by atoms with E-state index < -0.39 is 0 Å². The molecule has 106 valence electrons. The molecule has 0 fully saturated rings. The molecule has 0 N–H and O–H groups in total. The molecule has 5 nitrogen and oxygen atoms in total. The Kier molecular flexibility index (Phi) is 4.54. The van der Waals surface area contributed by atoms with E-state index in [-0.39, 0.29) is 12.2 Å². The maximum absolute atomic E-state index is 12.4. The standard InChI is InChI=1S/C14H16BrN3O2/c1-4-10-14(15)11(18(2)17-10)7-12(19)9-5-6-16-8-13(9)20-3/h5-6,8H,4,7H2,1-3H3. The maximum atomic E-state index is 12.4. The molecule has 0 aliphatic heterocycles. The van der Waals surface area contributed by atoms with Crippen molar-refractivity contribution in [2.24, 2.45) is 7.05 Å². The fourth-order valence-electron chi connectivity index (χ4n) is 2.03. The van der Waals surface area contributed by atoms with Crippen molar-refractivity contribution < 1.29 is 9.53 Å². The summed E-state index contributed by atoms with van der Waals surface area (Å²) in [7, 11) is 3.37. The number of pyridine rings is 1.